The van der Waals surface area contributed by atoms with Gasteiger partial charge in [0.25, 0.3) is 0 Å². The van der Waals surface area contributed by atoms with Gasteiger partial charge in [-0.2, -0.15) is 5.10 Å². The number of methoxy groups -OCH3 is 1. The van der Waals surface area contributed by atoms with Gasteiger partial charge in [0.15, 0.2) is 0 Å². The van der Waals surface area contributed by atoms with Crippen LogP contribution in [0.4, 0.5) is 10.6 Å². The minimum Gasteiger partial charge on any atom is -0.437 e. The molecule has 0 spiro atoms. The van der Waals surface area contributed by atoms with E-state index < -0.39 is 6.16 Å². The minimum atomic E-state index is -0.720. The summed E-state index contributed by atoms with van der Waals surface area (Å²) in [5.74, 6) is 1.73. The average Bonchev–Trinajstić information content (AvgIpc) is 2.91. The molecule has 0 amide bonds. The standard InChI is InChI=1S/C21H27N3O3/c1-12(2)11-16-18-17(15-10-8-7-9-13(15)3)19(27-21(25)26-6)14(4)22-20(18)24(5)23-16/h7-10,12,17,22H,11H2,1-6H3. The quantitative estimate of drug-likeness (QED) is 0.804. The van der Waals surface area contributed by atoms with Gasteiger partial charge in [-0.3, -0.25) is 4.68 Å². The van der Waals surface area contributed by atoms with Crippen LogP contribution in [0.2, 0.25) is 0 Å². The molecule has 1 unspecified atom stereocenters. The third-order valence-corrected chi connectivity index (χ3v) is 4.85. The van der Waals surface area contributed by atoms with Crippen LogP contribution in [0.3, 0.4) is 0 Å². The predicted molar refractivity (Wildman–Crippen MR) is 105 cm³/mol. The third-order valence-electron chi connectivity index (χ3n) is 4.85. The number of allylic oxidation sites excluding steroid dienone is 2. The summed E-state index contributed by atoms with van der Waals surface area (Å²) in [5.41, 5.74) is 5.08. The Morgan fingerprint density at radius 2 is 2.00 bits per heavy atom. The number of fused-ring (bicyclic) bond motifs is 1. The second-order valence-electron chi connectivity index (χ2n) is 7.39. The highest BCUT2D eigenvalue weighted by Crippen LogP contribution is 2.45. The first-order valence-electron chi connectivity index (χ1n) is 9.18. The number of aryl methyl sites for hydroxylation is 2. The van der Waals surface area contributed by atoms with Crippen LogP contribution in [0.1, 0.15) is 49.1 Å². The topological polar surface area (TPSA) is 65.4 Å². The van der Waals surface area contributed by atoms with Crippen LogP contribution < -0.4 is 5.32 Å². The van der Waals surface area contributed by atoms with Crippen LogP contribution in [-0.4, -0.2) is 23.0 Å². The van der Waals surface area contributed by atoms with Gasteiger partial charge in [0.1, 0.15) is 11.6 Å². The Morgan fingerprint density at radius 1 is 1.30 bits per heavy atom. The lowest BCUT2D eigenvalue weighted by Gasteiger charge is -2.29. The average molecular weight is 369 g/mol. The normalized spacial score (nSPS) is 16.2. The molecule has 1 N–H and O–H groups in total. The number of benzene rings is 1. The molecule has 0 aliphatic carbocycles. The molecule has 1 atom stereocenters. The van der Waals surface area contributed by atoms with Crippen LogP contribution in [-0.2, 0) is 22.9 Å². The zero-order chi connectivity index (χ0) is 19.7. The number of anilines is 1. The molecule has 144 valence electrons. The molecule has 2 heterocycles. The highest BCUT2D eigenvalue weighted by molar-refractivity contribution is 5.68. The first-order chi connectivity index (χ1) is 12.8. The van der Waals surface area contributed by atoms with Crippen LogP contribution in [0.5, 0.6) is 0 Å². The van der Waals surface area contributed by atoms with Crippen molar-refractivity contribution in [2.24, 2.45) is 13.0 Å². The van der Waals surface area contributed by atoms with Crippen molar-refractivity contribution in [2.75, 3.05) is 12.4 Å². The van der Waals surface area contributed by atoms with E-state index in [1.807, 2.05) is 30.8 Å². The van der Waals surface area contributed by atoms with Crippen LogP contribution in [0.25, 0.3) is 0 Å². The first kappa shape index (κ1) is 19.0. The first-order valence-corrected chi connectivity index (χ1v) is 9.18. The van der Waals surface area contributed by atoms with E-state index in [0.29, 0.717) is 11.7 Å². The van der Waals surface area contributed by atoms with Gasteiger partial charge >= 0.3 is 6.16 Å². The molecular weight excluding hydrogens is 342 g/mol. The van der Waals surface area contributed by atoms with Crippen LogP contribution in [0.15, 0.2) is 35.7 Å². The monoisotopic (exact) mass is 369 g/mol. The molecule has 27 heavy (non-hydrogen) atoms. The maximum Gasteiger partial charge on any atom is 0.513 e. The lowest BCUT2D eigenvalue weighted by atomic mass is 9.83. The Morgan fingerprint density at radius 3 is 2.63 bits per heavy atom. The summed E-state index contributed by atoms with van der Waals surface area (Å²) in [5, 5.41) is 8.13. The summed E-state index contributed by atoms with van der Waals surface area (Å²) >= 11 is 0. The van der Waals surface area contributed by atoms with E-state index in [1.165, 1.54) is 7.11 Å². The Balaban J connectivity index is 2.23. The highest BCUT2D eigenvalue weighted by atomic mass is 16.7. The summed E-state index contributed by atoms with van der Waals surface area (Å²) in [4.78, 5) is 11.9. The van der Waals surface area contributed by atoms with Crippen molar-refractivity contribution in [3.05, 3.63) is 58.1 Å². The van der Waals surface area contributed by atoms with E-state index in [9.17, 15) is 4.79 Å². The van der Waals surface area contributed by atoms with E-state index in [-0.39, 0.29) is 5.92 Å². The number of hydrogen-bond acceptors (Lipinski definition) is 5. The number of ether oxygens (including phenoxy) is 2. The van der Waals surface area contributed by atoms with E-state index in [1.54, 1.807) is 0 Å². The summed E-state index contributed by atoms with van der Waals surface area (Å²) in [6.07, 6.45) is 0.125. The van der Waals surface area contributed by atoms with E-state index >= 15 is 0 Å². The second kappa shape index (κ2) is 7.47. The van der Waals surface area contributed by atoms with Gasteiger partial charge in [0.05, 0.1) is 24.4 Å². The molecule has 0 bridgehead atoms. The van der Waals surface area contributed by atoms with Crippen molar-refractivity contribution in [1.82, 2.24) is 9.78 Å². The predicted octanol–water partition coefficient (Wildman–Crippen LogP) is 4.50. The molecule has 6 nitrogen and oxygen atoms in total. The largest absolute Gasteiger partial charge is 0.513 e. The molecule has 6 heteroatoms. The van der Waals surface area contributed by atoms with Gasteiger partial charge in [-0.25, -0.2) is 4.79 Å². The number of nitrogens with zero attached hydrogens (tertiary/aromatic N) is 2. The Hall–Kier alpha value is -2.76. The molecule has 0 radical (unpaired) electrons. The zero-order valence-corrected chi connectivity index (χ0v) is 16.8. The molecule has 1 aliphatic rings. The fourth-order valence-corrected chi connectivity index (χ4v) is 3.65. The molecule has 1 aromatic heterocycles. The number of hydrogen-bond donors (Lipinski definition) is 1. The number of carbonyl (C=O) groups is 1. The second-order valence-corrected chi connectivity index (χ2v) is 7.39. The van der Waals surface area contributed by atoms with Crippen molar-refractivity contribution in [2.45, 2.75) is 40.0 Å². The van der Waals surface area contributed by atoms with Crippen molar-refractivity contribution in [3.63, 3.8) is 0 Å². The smallest absolute Gasteiger partial charge is 0.437 e. The van der Waals surface area contributed by atoms with Gasteiger partial charge in [-0.15, -0.1) is 0 Å². The van der Waals surface area contributed by atoms with Crippen molar-refractivity contribution < 1.29 is 14.3 Å². The molecule has 2 aromatic rings. The molecule has 1 aliphatic heterocycles. The lowest BCUT2D eigenvalue weighted by molar-refractivity contribution is 0.0928. The zero-order valence-electron chi connectivity index (χ0n) is 16.8. The Bertz CT molecular complexity index is 896. The number of carbonyl (C=O) groups excluding carboxylic acids is 1. The van der Waals surface area contributed by atoms with Gasteiger partial charge in [-0.1, -0.05) is 38.1 Å². The maximum atomic E-state index is 11.9. The number of nitrogens with one attached hydrogen (secondary N) is 1. The van der Waals surface area contributed by atoms with Gasteiger partial charge in [-0.05, 0) is 37.3 Å². The third kappa shape index (κ3) is 3.56. The minimum absolute atomic E-state index is 0.219. The number of aromatic nitrogens is 2. The fourth-order valence-electron chi connectivity index (χ4n) is 3.65. The van der Waals surface area contributed by atoms with Gasteiger partial charge in [0, 0.05) is 12.6 Å². The van der Waals surface area contributed by atoms with E-state index in [4.69, 9.17) is 14.6 Å². The summed E-state index contributed by atoms with van der Waals surface area (Å²) in [7, 11) is 3.25. The highest BCUT2D eigenvalue weighted by Gasteiger charge is 2.36. The van der Waals surface area contributed by atoms with Crippen molar-refractivity contribution in [1.29, 1.82) is 0 Å². The van der Waals surface area contributed by atoms with E-state index in [0.717, 1.165) is 40.3 Å². The van der Waals surface area contributed by atoms with Crippen LogP contribution in [0, 0.1) is 12.8 Å². The summed E-state index contributed by atoms with van der Waals surface area (Å²) in [6, 6.07) is 8.17. The van der Waals surface area contributed by atoms with Crippen molar-refractivity contribution >= 4 is 12.0 Å². The van der Waals surface area contributed by atoms with Gasteiger partial charge in [0.2, 0.25) is 0 Å². The SMILES string of the molecule is COC(=O)OC1=C(C)Nc2c(c(CC(C)C)nn2C)C1c1ccccc1C. The maximum absolute atomic E-state index is 11.9. The summed E-state index contributed by atoms with van der Waals surface area (Å²) in [6.45, 7) is 8.32. The number of rotatable bonds is 4. The van der Waals surface area contributed by atoms with E-state index in [2.05, 4.69) is 38.2 Å². The molecule has 3 rings (SSSR count). The summed E-state index contributed by atoms with van der Waals surface area (Å²) < 4.78 is 12.3. The molecular formula is C21H27N3O3. The molecule has 0 saturated heterocycles. The molecule has 0 fully saturated rings. The van der Waals surface area contributed by atoms with Crippen molar-refractivity contribution in [3.8, 4) is 0 Å². The fraction of sp³-hybridized carbons (Fsp3) is 0.429. The Labute approximate surface area is 160 Å². The van der Waals surface area contributed by atoms with Crippen LogP contribution >= 0.6 is 0 Å². The lowest BCUT2D eigenvalue weighted by Crippen LogP contribution is -2.23. The van der Waals surface area contributed by atoms with Gasteiger partial charge < -0.3 is 14.8 Å². The molecule has 1 aromatic carbocycles. The molecule has 0 saturated carbocycles. The Kier molecular flexibility index (Phi) is 5.26.